The van der Waals surface area contributed by atoms with E-state index in [1.807, 2.05) is 13.8 Å². The third-order valence-corrected chi connectivity index (χ3v) is 2.88. The van der Waals surface area contributed by atoms with Gasteiger partial charge >= 0.3 is 0 Å². The van der Waals surface area contributed by atoms with Gasteiger partial charge in [-0.05, 0) is 24.3 Å². The quantitative estimate of drug-likeness (QED) is 0.577. The highest BCUT2D eigenvalue weighted by Crippen LogP contribution is 2.31. The minimum absolute atomic E-state index is 0. The van der Waals surface area contributed by atoms with Crippen molar-refractivity contribution in [3.05, 3.63) is 35.9 Å². The van der Waals surface area contributed by atoms with Crippen molar-refractivity contribution in [2.75, 3.05) is 0 Å². The molecule has 0 atom stereocenters. The third kappa shape index (κ3) is 4.51. The van der Waals surface area contributed by atoms with Crippen molar-refractivity contribution >= 4 is 0 Å². The van der Waals surface area contributed by atoms with Crippen LogP contribution in [0.25, 0.3) is 0 Å². The van der Waals surface area contributed by atoms with Gasteiger partial charge in [-0.15, -0.1) is 0 Å². The van der Waals surface area contributed by atoms with E-state index in [0.717, 1.165) is 5.92 Å². The van der Waals surface area contributed by atoms with Gasteiger partial charge in [0, 0.05) is 0 Å². The zero-order valence-electron chi connectivity index (χ0n) is 9.50. The Bertz CT molecular complexity index is 219. The van der Waals surface area contributed by atoms with Crippen LogP contribution in [0.4, 0.5) is 0 Å². The first-order valence-corrected chi connectivity index (χ1v) is 6.02. The summed E-state index contributed by atoms with van der Waals surface area (Å²) in [5, 5.41) is 0. The second kappa shape index (κ2) is 8.52. The lowest BCUT2D eigenvalue weighted by molar-refractivity contribution is 0.443. The second-order valence-electron chi connectivity index (χ2n) is 3.75. The molecule has 0 unspecified atom stereocenters. The summed E-state index contributed by atoms with van der Waals surface area (Å²) in [6, 6.07) is 11.0. The smallest absolute Gasteiger partial charge is 0.0162 e. The fourth-order valence-corrected chi connectivity index (χ4v) is 2.16. The molecule has 0 nitrogen and oxygen atoms in total. The Labute approximate surface area is 95.7 Å². The molecule has 2 rings (SSSR count). The predicted molar refractivity (Wildman–Crippen MR) is 70.3 cm³/mol. The molecule has 86 valence electrons. The van der Waals surface area contributed by atoms with Crippen LogP contribution in [-0.2, 0) is 0 Å². The average molecular weight is 206 g/mol. The lowest BCUT2D eigenvalue weighted by atomic mass is 9.84. The van der Waals surface area contributed by atoms with E-state index < -0.39 is 0 Å². The minimum Gasteiger partial charge on any atom is -0.0776 e. The SMILES string of the molecule is C.CC.c1ccc(C2CCCCC2)cc1. The molecule has 0 bridgehead atoms. The highest BCUT2D eigenvalue weighted by atomic mass is 14.2. The number of hydrogen-bond donors (Lipinski definition) is 0. The summed E-state index contributed by atoms with van der Waals surface area (Å²) < 4.78 is 0. The zero-order valence-corrected chi connectivity index (χ0v) is 9.50. The Balaban J connectivity index is 0.000000617. The molecule has 0 N–H and O–H groups in total. The first-order chi connectivity index (χ1) is 6.97. The summed E-state index contributed by atoms with van der Waals surface area (Å²) in [6.07, 6.45) is 7.12. The normalized spacial score (nSPS) is 15.9. The number of benzene rings is 1. The van der Waals surface area contributed by atoms with Crippen LogP contribution < -0.4 is 0 Å². The molecule has 0 aliphatic heterocycles. The molecule has 0 spiro atoms. The molecule has 0 heteroatoms. The van der Waals surface area contributed by atoms with Crippen molar-refractivity contribution in [3.8, 4) is 0 Å². The standard InChI is InChI=1S/C12H16.C2H6.CH4/c1-3-7-11(8-4-1)12-9-5-2-6-10-12;1-2;/h1,3-4,7-8,12H,2,5-6,9-10H2;1-2H3;1H4. The molecule has 1 aliphatic rings. The van der Waals surface area contributed by atoms with Gasteiger partial charge in [-0.25, -0.2) is 0 Å². The van der Waals surface area contributed by atoms with Crippen molar-refractivity contribution in [3.63, 3.8) is 0 Å². The Kier molecular flexibility index (Phi) is 8.08. The highest BCUT2D eigenvalue weighted by Gasteiger charge is 2.14. The first kappa shape index (κ1) is 14.2. The topological polar surface area (TPSA) is 0 Å². The van der Waals surface area contributed by atoms with Crippen LogP contribution in [0.5, 0.6) is 0 Å². The maximum Gasteiger partial charge on any atom is -0.0162 e. The summed E-state index contributed by atoms with van der Waals surface area (Å²) >= 11 is 0. The number of hydrogen-bond acceptors (Lipinski definition) is 0. The van der Waals surface area contributed by atoms with Crippen molar-refractivity contribution in [2.24, 2.45) is 0 Å². The molecule has 1 saturated carbocycles. The van der Waals surface area contributed by atoms with Crippen molar-refractivity contribution in [1.82, 2.24) is 0 Å². The molecule has 1 aromatic rings. The first-order valence-electron chi connectivity index (χ1n) is 6.02. The molecule has 1 aromatic carbocycles. The van der Waals surface area contributed by atoms with E-state index in [9.17, 15) is 0 Å². The monoisotopic (exact) mass is 206 g/mol. The summed E-state index contributed by atoms with van der Waals surface area (Å²) in [6.45, 7) is 4.00. The summed E-state index contributed by atoms with van der Waals surface area (Å²) in [7, 11) is 0. The van der Waals surface area contributed by atoms with Gasteiger partial charge in [0.25, 0.3) is 0 Å². The highest BCUT2D eigenvalue weighted by molar-refractivity contribution is 5.19. The van der Waals surface area contributed by atoms with Gasteiger partial charge in [-0.3, -0.25) is 0 Å². The van der Waals surface area contributed by atoms with E-state index in [-0.39, 0.29) is 7.43 Å². The zero-order chi connectivity index (χ0) is 10.2. The fourth-order valence-electron chi connectivity index (χ4n) is 2.16. The molecule has 1 fully saturated rings. The van der Waals surface area contributed by atoms with Gasteiger partial charge in [-0.1, -0.05) is 70.9 Å². The Morgan fingerprint density at radius 3 is 1.93 bits per heavy atom. The molecular formula is C15H26. The molecule has 0 radical (unpaired) electrons. The molecule has 0 aromatic heterocycles. The Morgan fingerprint density at radius 1 is 0.867 bits per heavy atom. The fraction of sp³-hybridized carbons (Fsp3) is 0.600. The lowest BCUT2D eigenvalue weighted by Gasteiger charge is -2.21. The summed E-state index contributed by atoms with van der Waals surface area (Å²) in [5.74, 6) is 0.861. The van der Waals surface area contributed by atoms with Crippen LogP contribution in [0.1, 0.15) is 64.9 Å². The average Bonchev–Trinajstić information content (AvgIpc) is 2.34. The van der Waals surface area contributed by atoms with Gasteiger partial charge in [0.05, 0.1) is 0 Å². The van der Waals surface area contributed by atoms with E-state index in [1.165, 1.54) is 32.1 Å². The van der Waals surface area contributed by atoms with Crippen LogP contribution in [-0.4, -0.2) is 0 Å². The van der Waals surface area contributed by atoms with Gasteiger partial charge in [-0.2, -0.15) is 0 Å². The maximum absolute atomic E-state index is 2.27. The Morgan fingerprint density at radius 2 is 1.40 bits per heavy atom. The summed E-state index contributed by atoms with van der Waals surface area (Å²) in [5.41, 5.74) is 1.55. The van der Waals surface area contributed by atoms with Gasteiger partial charge in [0.15, 0.2) is 0 Å². The Hall–Kier alpha value is -0.780. The maximum atomic E-state index is 2.27. The van der Waals surface area contributed by atoms with Crippen molar-refractivity contribution in [2.45, 2.75) is 59.3 Å². The van der Waals surface area contributed by atoms with Crippen LogP contribution in [0, 0.1) is 0 Å². The van der Waals surface area contributed by atoms with E-state index >= 15 is 0 Å². The van der Waals surface area contributed by atoms with Crippen LogP contribution in [0.3, 0.4) is 0 Å². The molecular weight excluding hydrogens is 180 g/mol. The van der Waals surface area contributed by atoms with E-state index in [0.29, 0.717) is 0 Å². The lowest BCUT2D eigenvalue weighted by Crippen LogP contribution is -2.03. The molecule has 15 heavy (non-hydrogen) atoms. The van der Waals surface area contributed by atoms with E-state index in [4.69, 9.17) is 0 Å². The second-order valence-corrected chi connectivity index (χ2v) is 3.75. The molecule has 0 heterocycles. The minimum atomic E-state index is 0. The van der Waals surface area contributed by atoms with E-state index in [1.54, 1.807) is 5.56 Å². The summed E-state index contributed by atoms with van der Waals surface area (Å²) in [4.78, 5) is 0. The molecule has 0 saturated heterocycles. The molecule has 0 amide bonds. The van der Waals surface area contributed by atoms with E-state index in [2.05, 4.69) is 30.3 Å². The van der Waals surface area contributed by atoms with Crippen LogP contribution in [0.15, 0.2) is 30.3 Å². The molecule has 1 aliphatic carbocycles. The van der Waals surface area contributed by atoms with Crippen LogP contribution in [0.2, 0.25) is 0 Å². The third-order valence-electron chi connectivity index (χ3n) is 2.88. The van der Waals surface area contributed by atoms with Crippen molar-refractivity contribution < 1.29 is 0 Å². The van der Waals surface area contributed by atoms with Crippen LogP contribution >= 0.6 is 0 Å². The van der Waals surface area contributed by atoms with Crippen molar-refractivity contribution in [1.29, 1.82) is 0 Å². The largest absolute Gasteiger partial charge is 0.0776 e. The predicted octanol–water partition coefficient (Wildman–Crippen LogP) is 5.40. The van der Waals surface area contributed by atoms with Gasteiger partial charge < -0.3 is 0 Å². The van der Waals surface area contributed by atoms with Gasteiger partial charge in [0.2, 0.25) is 0 Å². The van der Waals surface area contributed by atoms with Gasteiger partial charge in [0.1, 0.15) is 0 Å². The number of rotatable bonds is 1.